The third kappa shape index (κ3) is 1.35. The molecule has 1 rings (SSSR count). The van der Waals surface area contributed by atoms with Gasteiger partial charge in [-0.1, -0.05) is 18.2 Å². The van der Waals surface area contributed by atoms with Gasteiger partial charge in [-0.15, -0.1) is 0 Å². The van der Waals surface area contributed by atoms with E-state index < -0.39 is 0 Å². The summed E-state index contributed by atoms with van der Waals surface area (Å²) in [5.74, 6) is 0. The maximum atomic E-state index is 5.51. The van der Waals surface area contributed by atoms with Crippen molar-refractivity contribution in [2.75, 3.05) is 0 Å². The van der Waals surface area contributed by atoms with E-state index in [9.17, 15) is 0 Å². The van der Waals surface area contributed by atoms with Crippen LogP contribution in [0.25, 0.3) is 0 Å². The molecule has 0 aromatic carbocycles. The van der Waals surface area contributed by atoms with Gasteiger partial charge in [0.15, 0.2) is 0 Å². The molecule has 0 amide bonds. The van der Waals surface area contributed by atoms with E-state index in [1.807, 2.05) is 18.2 Å². The van der Waals surface area contributed by atoms with Crippen molar-refractivity contribution in [1.29, 1.82) is 0 Å². The molecule has 2 nitrogen and oxygen atoms in total. The molecule has 0 spiro atoms. The number of rotatable bonds is 0. The fourth-order valence-electron chi connectivity index (χ4n) is 0.659. The van der Waals surface area contributed by atoms with E-state index in [0.29, 0.717) is 11.4 Å². The molecule has 9 heavy (non-hydrogen) atoms. The van der Waals surface area contributed by atoms with Crippen molar-refractivity contribution in [3.8, 4) is 0 Å². The number of hydrogen-bond acceptors (Lipinski definition) is 2. The zero-order valence-corrected chi connectivity index (χ0v) is 5.17. The molecular formula is C7H10N2. The van der Waals surface area contributed by atoms with Gasteiger partial charge in [0.2, 0.25) is 0 Å². The number of allylic oxidation sites excluding steroid dienone is 4. The number of nitrogens with two attached hydrogens (primary N) is 2. The van der Waals surface area contributed by atoms with E-state index in [1.54, 1.807) is 6.08 Å². The van der Waals surface area contributed by atoms with Gasteiger partial charge in [-0.25, -0.2) is 0 Å². The van der Waals surface area contributed by atoms with Crippen LogP contribution in [0.3, 0.4) is 0 Å². The highest BCUT2D eigenvalue weighted by Gasteiger charge is 1.93. The third-order valence-electron chi connectivity index (χ3n) is 1.22. The van der Waals surface area contributed by atoms with Crippen LogP contribution in [0.4, 0.5) is 0 Å². The van der Waals surface area contributed by atoms with Crippen LogP contribution in [-0.4, -0.2) is 0 Å². The molecule has 0 saturated heterocycles. The smallest absolute Gasteiger partial charge is 0.0544 e. The van der Waals surface area contributed by atoms with Crippen LogP contribution in [0.2, 0.25) is 0 Å². The predicted octanol–water partition coefficient (Wildman–Crippen LogP) is 0.632. The second-order valence-electron chi connectivity index (χ2n) is 1.95. The largest absolute Gasteiger partial charge is 0.397 e. The molecule has 1 aliphatic rings. The Morgan fingerprint density at radius 1 is 1.22 bits per heavy atom. The van der Waals surface area contributed by atoms with E-state index >= 15 is 0 Å². The molecule has 48 valence electrons. The molecule has 0 atom stereocenters. The summed E-state index contributed by atoms with van der Waals surface area (Å²) in [6.07, 6.45) is 8.50. The lowest BCUT2D eigenvalue weighted by Gasteiger charge is -1.95. The Kier molecular flexibility index (Phi) is 1.58. The molecular weight excluding hydrogens is 112 g/mol. The summed E-state index contributed by atoms with van der Waals surface area (Å²) in [4.78, 5) is 0. The molecule has 0 radical (unpaired) electrons. The third-order valence-corrected chi connectivity index (χ3v) is 1.22. The Labute approximate surface area is 54.5 Å². The van der Waals surface area contributed by atoms with Crippen LogP contribution < -0.4 is 11.5 Å². The van der Waals surface area contributed by atoms with Gasteiger partial charge in [0.25, 0.3) is 0 Å². The fraction of sp³-hybridized carbons (Fsp3) is 0.143. The minimum absolute atomic E-state index is 0.656. The Morgan fingerprint density at radius 3 is 2.78 bits per heavy atom. The standard InChI is InChI=1S/C7H10N2/c8-6-4-2-1-3-5-7(6)9/h1-2,4-5H,3,8-9H2. The van der Waals surface area contributed by atoms with Crippen LogP contribution in [0.1, 0.15) is 6.42 Å². The average molecular weight is 122 g/mol. The Bertz CT molecular complexity index is 187. The molecule has 0 aromatic rings. The first kappa shape index (κ1) is 5.95. The van der Waals surface area contributed by atoms with Gasteiger partial charge in [-0.2, -0.15) is 0 Å². The SMILES string of the molecule is NC1=CC=CCC=C1N. The molecule has 2 heteroatoms. The van der Waals surface area contributed by atoms with Crippen molar-refractivity contribution in [3.63, 3.8) is 0 Å². The van der Waals surface area contributed by atoms with Crippen LogP contribution >= 0.6 is 0 Å². The van der Waals surface area contributed by atoms with Crippen molar-refractivity contribution in [3.05, 3.63) is 35.7 Å². The molecule has 0 bridgehead atoms. The molecule has 0 aromatic heterocycles. The van der Waals surface area contributed by atoms with Crippen LogP contribution in [0.15, 0.2) is 35.7 Å². The summed E-state index contributed by atoms with van der Waals surface area (Å²) in [5, 5.41) is 0. The van der Waals surface area contributed by atoms with Crippen molar-refractivity contribution in [1.82, 2.24) is 0 Å². The molecule has 1 aliphatic carbocycles. The highest BCUT2D eigenvalue weighted by Crippen LogP contribution is 2.02. The average Bonchev–Trinajstić information content (AvgIpc) is 1.99. The Balaban J connectivity index is 2.85. The molecule has 0 aliphatic heterocycles. The first-order valence-electron chi connectivity index (χ1n) is 2.89. The van der Waals surface area contributed by atoms with Crippen molar-refractivity contribution in [2.45, 2.75) is 6.42 Å². The molecule has 0 heterocycles. The lowest BCUT2D eigenvalue weighted by atomic mass is 10.3. The van der Waals surface area contributed by atoms with E-state index in [1.165, 1.54) is 0 Å². The second kappa shape index (κ2) is 2.40. The molecule has 0 fully saturated rings. The monoisotopic (exact) mass is 122 g/mol. The van der Waals surface area contributed by atoms with Crippen LogP contribution in [0.5, 0.6) is 0 Å². The summed E-state index contributed by atoms with van der Waals surface area (Å²) < 4.78 is 0. The van der Waals surface area contributed by atoms with Gasteiger partial charge in [-0.05, 0) is 12.5 Å². The zero-order valence-electron chi connectivity index (χ0n) is 5.17. The first-order valence-corrected chi connectivity index (χ1v) is 2.89. The minimum atomic E-state index is 0.656. The van der Waals surface area contributed by atoms with Crippen molar-refractivity contribution < 1.29 is 0 Å². The van der Waals surface area contributed by atoms with Crippen LogP contribution in [0, 0.1) is 0 Å². The summed E-state index contributed by atoms with van der Waals surface area (Å²) in [6, 6.07) is 0. The quantitative estimate of drug-likeness (QED) is 0.495. The lowest BCUT2D eigenvalue weighted by molar-refractivity contribution is 1.22. The maximum Gasteiger partial charge on any atom is 0.0544 e. The molecule has 0 unspecified atom stereocenters. The fourth-order valence-corrected chi connectivity index (χ4v) is 0.659. The lowest BCUT2D eigenvalue weighted by Crippen LogP contribution is -2.07. The van der Waals surface area contributed by atoms with E-state index in [0.717, 1.165) is 6.42 Å². The summed E-state index contributed by atoms with van der Waals surface area (Å²) in [5.41, 5.74) is 12.3. The second-order valence-corrected chi connectivity index (χ2v) is 1.95. The van der Waals surface area contributed by atoms with E-state index in [4.69, 9.17) is 11.5 Å². The Morgan fingerprint density at radius 2 is 2.00 bits per heavy atom. The van der Waals surface area contributed by atoms with Gasteiger partial charge in [0, 0.05) is 0 Å². The van der Waals surface area contributed by atoms with Gasteiger partial charge < -0.3 is 11.5 Å². The highest BCUT2D eigenvalue weighted by molar-refractivity contribution is 5.31. The summed E-state index contributed by atoms with van der Waals surface area (Å²) in [7, 11) is 0. The molecule has 4 N–H and O–H groups in total. The van der Waals surface area contributed by atoms with E-state index in [2.05, 4.69) is 0 Å². The highest BCUT2D eigenvalue weighted by atomic mass is 14.7. The normalized spacial score (nSPS) is 18.2. The van der Waals surface area contributed by atoms with Crippen LogP contribution in [-0.2, 0) is 0 Å². The number of hydrogen-bond donors (Lipinski definition) is 2. The molecule has 0 saturated carbocycles. The summed E-state index contributed by atoms with van der Waals surface area (Å²) >= 11 is 0. The van der Waals surface area contributed by atoms with Crippen molar-refractivity contribution >= 4 is 0 Å². The van der Waals surface area contributed by atoms with Gasteiger partial charge in [0.05, 0.1) is 11.4 Å². The summed E-state index contributed by atoms with van der Waals surface area (Å²) in [6.45, 7) is 0. The van der Waals surface area contributed by atoms with Gasteiger partial charge in [0.1, 0.15) is 0 Å². The first-order chi connectivity index (χ1) is 4.30. The maximum absolute atomic E-state index is 5.51. The Hall–Kier alpha value is -1.18. The van der Waals surface area contributed by atoms with Gasteiger partial charge in [-0.3, -0.25) is 0 Å². The predicted molar refractivity (Wildman–Crippen MR) is 38.3 cm³/mol. The van der Waals surface area contributed by atoms with E-state index in [-0.39, 0.29) is 0 Å². The minimum Gasteiger partial charge on any atom is -0.397 e. The zero-order chi connectivity index (χ0) is 6.69. The van der Waals surface area contributed by atoms with Gasteiger partial charge >= 0.3 is 0 Å². The topological polar surface area (TPSA) is 52.0 Å². The van der Waals surface area contributed by atoms with Crippen molar-refractivity contribution in [2.24, 2.45) is 11.5 Å².